The maximum absolute atomic E-state index is 13.1. The van der Waals surface area contributed by atoms with E-state index in [1.54, 1.807) is 23.9 Å². The van der Waals surface area contributed by atoms with Crippen molar-refractivity contribution in [3.05, 3.63) is 93.5 Å². The number of fused-ring (bicyclic) bond motifs is 1. The Morgan fingerprint density at radius 2 is 1.77 bits per heavy atom. The summed E-state index contributed by atoms with van der Waals surface area (Å²) in [5.41, 5.74) is 6.22. The smallest absolute Gasteiger partial charge is 0.258 e. The van der Waals surface area contributed by atoms with Gasteiger partial charge in [-0.05, 0) is 68.3 Å². The third-order valence-electron chi connectivity index (χ3n) is 5.31. The van der Waals surface area contributed by atoms with Crippen LogP contribution in [0.25, 0.3) is 22.0 Å². The Kier molecular flexibility index (Phi) is 4.96. The summed E-state index contributed by atoms with van der Waals surface area (Å²) in [4.78, 5) is 30.1. The molecule has 5 heteroatoms. The predicted molar refractivity (Wildman–Crippen MR) is 121 cm³/mol. The second-order valence-electron chi connectivity index (χ2n) is 7.66. The summed E-state index contributed by atoms with van der Waals surface area (Å²) in [6.07, 6.45) is 1.78. The van der Waals surface area contributed by atoms with Crippen molar-refractivity contribution in [1.29, 1.82) is 0 Å². The van der Waals surface area contributed by atoms with Crippen LogP contribution in [0.4, 0.5) is 5.69 Å². The van der Waals surface area contributed by atoms with E-state index in [2.05, 4.69) is 10.3 Å². The summed E-state index contributed by atoms with van der Waals surface area (Å²) in [5.74, 6) is -0.181. The largest absolute Gasteiger partial charge is 0.322 e. The molecule has 0 aliphatic carbocycles. The van der Waals surface area contributed by atoms with Gasteiger partial charge in [0.05, 0.1) is 5.52 Å². The molecule has 30 heavy (non-hydrogen) atoms. The first-order valence-electron chi connectivity index (χ1n) is 9.79. The molecule has 0 aliphatic heterocycles. The van der Waals surface area contributed by atoms with Crippen LogP contribution in [0, 0.1) is 20.8 Å². The van der Waals surface area contributed by atoms with Crippen molar-refractivity contribution in [2.24, 2.45) is 7.05 Å². The molecule has 0 saturated carbocycles. The molecule has 2 aromatic carbocycles. The molecule has 2 aromatic heterocycles. The average molecular weight is 397 g/mol. The van der Waals surface area contributed by atoms with Crippen LogP contribution in [-0.4, -0.2) is 15.5 Å². The minimum absolute atomic E-state index is 0.0849. The molecule has 4 aromatic rings. The quantitative estimate of drug-likeness (QED) is 0.541. The van der Waals surface area contributed by atoms with Gasteiger partial charge in [-0.25, -0.2) is 0 Å². The second kappa shape index (κ2) is 7.59. The fourth-order valence-corrected chi connectivity index (χ4v) is 3.64. The highest BCUT2D eigenvalue weighted by Gasteiger charge is 2.13. The number of anilines is 1. The SMILES string of the molecule is Cc1cccc(C(=O)Nc2ccc(C)c(-c3cc4cnc(C)cc4n(C)c3=O)c2)c1. The van der Waals surface area contributed by atoms with Gasteiger partial charge in [0.25, 0.3) is 11.5 Å². The van der Waals surface area contributed by atoms with E-state index in [1.165, 1.54) is 0 Å². The van der Waals surface area contributed by atoms with Crippen LogP contribution in [0.15, 0.2) is 65.6 Å². The van der Waals surface area contributed by atoms with Crippen LogP contribution < -0.4 is 10.9 Å². The number of nitrogens with one attached hydrogen (secondary N) is 1. The highest BCUT2D eigenvalue weighted by molar-refractivity contribution is 6.04. The molecule has 1 amide bonds. The first-order valence-corrected chi connectivity index (χ1v) is 9.79. The molecule has 0 unspecified atom stereocenters. The molecule has 4 rings (SSSR count). The van der Waals surface area contributed by atoms with Gasteiger partial charge in [0.15, 0.2) is 0 Å². The Morgan fingerprint density at radius 3 is 2.53 bits per heavy atom. The van der Waals surface area contributed by atoms with Gasteiger partial charge in [-0.2, -0.15) is 0 Å². The van der Waals surface area contributed by atoms with Crippen molar-refractivity contribution in [2.75, 3.05) is 5.32 Å². The highest BCUT2D eigenvalue weighted by Crippen LogP contribution is 2.27. The van der Waals surface area contributed by atoms with Crippen molar-refractivity contribution in [3.63, 3.8) is 0 Å². The summed E-state index contributed by atoms with van der Waals surface area (Å²) in [5, 5.41) is 3.84. The first-order chi connectivity index (χ1) is 14.3. The predicted octanol–water partition coefficient (Wildman–Crippen LogP) is 4.78. The Labute approximate surface area is 175 Å². The van der Waals surface area contributed by atoms with Gasteiger partial charge in [-0.3, -0.25) is 14.6 Å². The molecule has 1 N–H and O–H groups in total. The number of amides is 1. The van der Waals surface area contributed by atoms with Crippen molar-refractivity contribution in [3.8, 4) is 11.1 Å². The minimum Gasteiger partial charge on any atom is -0.322 e. The fraction of sp³-hybridized carbons (Fsp3) is 0.160. The van der Waals surface area contributed by atoms with E-state index in [0.29, 0.717) is 16.8 Å². The molecule has 0 atom stereocenters. The summed E-state index contributed by atoms with van der Waals surface area (Å²) >= 11 is 0. The van der Waals surface area contributed by atoms with Gasteiger partial charge in [0, 0.05) is 41.1 Å². The average Bonchev–Trinajstić information content (AvgIpc) is 2.72. The van der Waals surface area contributed by atoms with Crippen molar-refractivity contribution in [2.45, 2.75) is 20.8 Å². The standard InChI is InChI=1S/C25H23N3O2/c1-15-6-5-7-18(10-15)24(29)27-20-9-8-16(2)21(13-20)22-12-19-14-26-17(3)11-23(19)28(4)25(22)30/h5-14H,1-4H3,(H,27,29). The summed E-state index contributed by atoms with van der Waals surface area (Å²) in [6.45, 7) is 5.81. The number of carbonyl (C=O) groups excluding carboxylic acids is 1. The Hall–Kier alpha value is -3.73. The maximum Gasteiger partial charge on any atom is 0.258 e. The van der Waals surface area contributed by atoms with E-state index >= 15 is 0 Å². The molecule has 0 saturated heterocycles. The molecule has 0 fully saturated rings. The van der Waals surface area contributed by atoms with Crippen molar-refractivity contribution in [1.82, 2.24) is 9.55 Å². The van der Waals surface area contributed by atoms with E-state index in [0.717, 1.165) is 33.3 Å². The van der Waals surface area contributed by atoms with E-state index in [1.807, 2.05) is 69.3 Å². The van der Waals surface area contributed by atoms with Gasteiger partial charge in [-0.15, -0.1) is 0 Å². The second-order valence-corrected chi connectivity index (χ2v) is 7.66. The van der Waals surface area contributed by atoms with Gasteiger partial charge in [-0.1, -0.05) is 23.8 Å². The number of aromatic nitrogens is 2. The molecular formula is C25H23N3O2. The zero-order valence-corrected chi connectivity index (χ0v) is 17.5. The lowest BCUT2D eigenvalue weighted by atomic mass is 9.99. The van der Waals surface area contributed by atoms with Crippen LogP contribution in [0.5, 0.6) is 0 Å². The lowest BCUT2D eigenvalue weighted by Crippen LogP contribution is -2.19. The van der Waals surface area contributed by atoms with Crippen LogP contribution >= 0.6 is 0 Å². The molecule has 2 heterocycles. The van der Waals surface area contributed by atoms with E-state index in [9.17, 15) is 9.59 Å². The topological polar surface area (TPSA) is 64.0 Å². The number of benzene rings is 2. The Balaban J connectivity index is 1.77. The zero-order chi connectivity index (χ0) is 21.4. The minimum atomic E-state index is -0.181. The molecule has 5 nitrogen and oxygen atoms in total. The molecule has 0 spiro atoms. The molecule has 0 radical (unpaired) electrons. The molecular weight excluding hydrogens is 374 g/mol. The van der Waals surface area contributed by atoms with E-state index in [4.69, 9.17) is 0 Å². The highest BCUT2D eigenvalue weighted by atomic mass is 16.1. The van der Waals surface area contributed by atoms with Gasteiger partial charge >= 0.3 is 0 Å². The number of hydrogen-bond acceptors (Lipinski definition) is 3. The number of aryl methyl sites for hydroxylation is 4. The molecule has 0 bridgehead atoms. The lowest BCUT2D eigenvalue weighted by Gasteiger charge is -2.13. The van der Waals surface area contributed by atoms with Crippen LogP contribution in [0.2, 0.25) is 0 Å². The van der Waals surface area contributed by atoms with Gasteiger partial charge < -0.3 is 9.88 Å². The lowest BCUT2D eigenvalue weighted by molar-refractivity contribution is 0.102. The number of carbonyl (C=O) groups is 1. The number of pyridine rings is 2. The summed E-state index contributed by atoms with van der Waals surface area (Å²) < 4.78 is 1.65. The normalized spacial score (nSPS) is 10.9. The van der Waals surface area contributed by atoms with E-state index < -0.39 is 0 Å². The van der Waals surface area contributed by atoms with Crippen molar-refractivity contribution < 1.29 is 4.79 Å². The Bertz CT molecular complexity index is 1350. The van der Waals surface area contributed by atoms with Crippen molar-refractivity contribution >= 4 is 22.5 Å². The third kappa shape index (κ3) is 3.62. The Morgan fingerprint density at radius 1 is 0.967 bits per heavy atom. The maximum atomic E-state index is 13.1. The summed E-state index contributed by atoms with van der Waals surface area (Å²) in [6, 6.07) is 16.8. The number of hydrogen-bond donors (Lipinski definition) is 1. The van der Waals surface area contributed by atoms with E-state index in [-0.39, 0.29) is 11.5 Å². The first kappa shape index (κ1) is 19.6. The monoisotopic (exact) mass is 397 g/mol. The van der Waals surface area contributed by atoms with Crippen LogP contribution in [0.1, 0.15) is 27.2 Å². The van der Waals surface area contributed by atoms with Crippen LogP contribution in [0.3, 0.4) is 0 Å². The summed E-state index contributed by atoms with van der Waals surface area (Å²) in [7, 11) is 1.77. The van der Waals surface area contributed by atoms with Gasteiger partial charge in [0.1, 0.15) is 0 Å². The molecule has 150 valence electrons. The number of rotatable bonds is 3. The van der Waals surface area contributed by atoms with Gasteiger partial charge in [0.2, 0.25) is 0 Å². The number of nitrogens with zero attached hydrogens (tertiary/aromatic N) is 2. The molecule has 0 aliphatic rings. The fourth-order valence-electron chi connectivity index (χ4n) is 3.64. The third-order valence-corrected chi connectivity index (χ3v) is 5.31. The van der Waals surface area contributed by atoms with Crippen LogP contribution in [-0.2, 0) is 7.05 Å². The zero-order valence-electron chi connectivity index (χ0n) is 17.5.